The molecule has 1 aliphatic heterocycles. The molecule has 0 aromatic heterocycles. The van der Waals surface area contributed by atoms with Crippen molar-refractivity contribution in [2.24, 2.45) is 5.92 Å². The van der Waals surface area contributed by atoms with Gasteiger partial charge in [-0.25, -0.2) is 0 Å². The number of hydrogen-bond donors (Lipinski definition) is 1. The van der Waals surface area contributed by atoms with Crippen molar-refractivity contribution in [3.63, 3.8) is 0 Å². The highest BCUT2D eigenvalue weighted by Gasteiger charge is 2.37. The van der Waals surface area contributed by atoms with Crippen LogP contribution in [0.2, 0.25) is 0 Å². The number of piperidine rings is 1. The summed E-state index contributed by atoms with van der Waals surface area (Å²) in [5, 5.41) is 9.82. The molecule has 132 valence electrons. The molecule has 0 aliphatic carbocycles. The highest BCUT2D eigenvalue weighted by Crippen LogP contribution is 2.40. The Bertz CT molecular complexity index is 751. The Morgan fingerprint density at radius 2 is 2.00 bits per heavy atom. The van der Waals surface area contributed by atoms with Crippen molar-refractivity contribution in [2.45, 2.75) is 32.6 Å². The highest BCUT2D eigenvalue weighted by atomic mass is 16.3. The number of aryl methyl sites for hydroxylation is 1. The minimum atomic E-state index is 0.134. The van der Waals surface area contributed by atoms with E-state index in [4.69, 9.17) is 0 Å². The van der Waals surface area contributed by atoms with E-state index in [1.165, 1.54) is 16.7 Å². The van der Waals surface area contributed by atoms with Crippen molar-refractivity contribution in [3.05, 3.63) is 71.3 Å². The Morgan fingerprint density at radius 3 is 2.72 bits per heavy atom. The number of hydrogen-bond acceptors (Lipinski definition) is 2. The number of phenolic OH excluding ortho intramolecular Hbond substituents is 1. The number of phenols is 1. The zero-order valence-corrected chi connectivity index (χ0v) is 15.6. The summed E-state index contributed by atoms with van der Waals surface area (Å²) in [6.07, 6.45) is 5.64. The van der Waals surface area contributed by atoms with Crippen LogP contribution < -0.4 is 0 Å². The largest absolute Gasteiger partial charge is 0.508 e. The number of benzene rings is 2. The third-order valence-corrected chi connectivity index (χ3v) is 5.92. The molecule has 2 aromatic rings. The highest BCUT2D eigenvalue weighted by molar-refractivity contribution is 5.53. The van der Waals surface area contributed by atoms with Crippen LogP contribution in [0.1, 0.15) is 37.0 Å². The Labute approximate surface area is 151 Å². The molecule has 2 nitrogen and oxygen atoms in total. The molecule has 0 radical (unpaired) electrons. The topological polar surface area (TPSA) is 23.5 Å². The predicted octanol–water partition coefficient (Wildman–Crippen LogP) is 5.01. The first-order valence-electron chi connectivity index (χ1n) is 9.23. The van der Waals surface area contributed by atoms with E-state index >= 15 is 0 Å². The first-order chi connectivity index (χ1) is 12.0. The predicted molar refractivity (Wildman–Crippen MR) is 106 cm³/mol. The lowest BCUT2D eigenvalue weighted by atomic mass is 9.68. The molecule has 2 atom stereocenters. The van der Waals surface area contributed by atoms with Gasteiger partial charge in [0.15, 0.2) is 0 Å². The normalized spacial score (nSPS) is 24.7. The lowest BCUT2D eigenvalue weighted by Crippen LogP contribution is -2.47. The van der Waals surface area contributed by atoms with Gasteiger partial charge in [-0.2, -0.15) is 0 Å². The molecule has 2 aromatic carbocycles. The van der Waals surface area contributed by atoms with Crippen molar-refractivity contribution in [1.29, 1.82) is 0 Å². The maximum absolute atomic E-state index is 9.82. The summed E-state index contributed by atoms with van der Waals surface area (Å²) >= 11 is 0. The van der Waals surface area contributed by atoms with Gasteiger partial charge in [-0.1, -0.05) is 62.4 Å². The van der Waals surface area contributed by atoms with Gasteiger partial charge in [-0.15, -0.1) is 0 Å². The average molecular weight is 335 g/mol. The molecule has 25 heavy (non-hydrogen) atoms. The van der Waals surface area contributed by atoms with Crippen LogP contribution in [0.5, 0.6) is 5.75 Å². The number of rotatable bonds is 4. The monoisotopic (exact) mass is 335 g/mol. The lowest BCUT2D eigenvalue weighted by Gasteiger charge is -2.45. The molecule has 0 saturated carbocycles. The van der Waals surface area contributed by atoms with Gasteiger partial charge in [0, 0.05) is 13.1 Å². The van der Waals surface area contributed by atoms with E-state index in [1.807, 2.05) is 12.1 Å². The molecule has 1 fully saturated rings. The van der Waals surface area contributed by atoms with Crippen LogP contribution in [0, 0.1) is 12.8 Å². The van der Waals surface area contributed by atoms with E-state index in [0.717, 1.165) is 26.1 Å². The van der Waals surface area contributed by atoms with Crippen molar-refractivity contribution < 1.29 is 5.11 Å². The van der Waals surface area contributed by atoms with Crippen molar-refractivity contribution in [3.8, 4) is 5.75 Å². The van der Waals surface area contributed by atoms with Crippen LogP contribution in [0.15, 0.2) is 54.6 Å². The summed E-state index contributed by atoms with van der Waals surface area (Å²) in [5.41, 5.74) is 4.02. The third kappa shape index (κ3) is 3.96. The average Bonchev–Trinajstić information content (AvgIpc) is 2.60. The second-order valence-corrected chi connectivity index (χ2v) is 7.64. The summed E-state index contributed by atoms with van der Waals surface area (Å²) in [7, 11) is 0. The molecule has 0 spiro atoms. The van der Waals surface area contributed by atoms with Crippen LogP contribution in [0.25, 0.3) is 6.08 Å². The molecule has 0 bridgehead atoms. The fraction of sp³-hybridized carbons (Fsp3) is 0.391. The smallest absolute Gasteiger partial charge is 0.115 e. The van der Waals surface area contributed by atoms with Gasteiger partial charge in [-0.05, 0) is 60.0 Å². The van der Waals surface area contributed by atoms with E-state index in [0.29, 0.717) is 11.7 Å². The van der Waals surface area contributed by atoms with Crippen LogP contribution in [-0.2, 0) is 5.41 Å². The molecule has 1 N–H and O–H groups in total. The van der Waals surface area contributed by atoms with Gasteiger partial charge in [0.25, 0.3) is 0 Å². The van der Waals surface area contributed by atoms with Gasteiger partial charge in [0.05, 0.1) is 0 Å². The lowest BCUT2D eigenvalue weighted by molar-refractivity contribution is 0.121. The van der Waals surface area contributed by atoms with Crippen molar-refractivity contribution >= 4 is 6.08 Å². The first kappa shape index (κ1) is 17.8. The molecule has 1 aliphatic rings. The van der Waals surface area contributed by atoms with Crippen molar-refractivity contribution in [2.75, 3.05) is 19.6 Å². The molecule has 0 amide bonds. The molecule has 1 saturated heterocycles. The van der Waals surface area contributed by atoms with E-state index < -0.39 is 0 Å². The molecule has 3 rings (SSSR count). The zero-order chi connectivity index (χ0) is 17.9. The Morgan fingerprint density at radius 1 is 1.20 bits per heavy atom. The summed E-state index contributed by atoms with van der Waals surface area (Å²) in [6, 6.07) is 16.3. The van der Waals surface area contributed by atoms with Crippen LogP contribution in [0.4, 0.5) is 0 Å². The summed E-state index contributed by atoms with van der Waals surface area (Å²) in [5.74, 6) is 0.921. The minimum Gasteiger partial charge on any atom is -0.508 e. The van der Waals surface area contributed by atoms with Gasteiger partial charge in [0.2, 0.25) is 0 Å². The fourth-order valence-electron chi connectivity index (χ4n) is 3.88. The van der Waals surface area contributed by atoms with Crippen LogP contribution in [0.3, 0.4) is 0 Å². The summed E-state index contributed by atoms with van der Waals surface area (Å²) in [6.45, 7) is 10.0. The van der Waals surface area contributed by atoms with Crippen LogP contribution in [-0.4, -0.2) is 29.6 Å². The van der Waals surface area contributed by atoms with Gasteiger partial charge < -0.3 is 5.11 Å². The number of aromatic hydroxyl groups is 1. The van der Waals surface area contributed by atoms with Crippen LogP contribution >= 0.6 is 0 Å². The first-order valence-corrected chi connectivity index (χ1v) is 9.23. The molecule has 1 unspecified atom stereocenters. The van der Waals surface area contributed by atoms with E-state index in [1.54, 1.807) is 6.07 Å². The Hall–Kier alpha value is -2.06. The summed E-state index contributed by atoms with van der Waals surface area (Å²) in [4.78, 5) is 2.53. The van der Waals surface area contributed by atoms with Gasteiger partial charge in [-0.3, -0.25) is 4.90 Å². The maximum Gasteiger partial charge on any atom is 0.115 e. The second kappa shape index (κ2) is 7.45. The third-order valence-electron chi connectivity index (χ3n) is 5.92. The Balaban J connectivity index is 1.63. The van der Waals surface area contributed by atoms with Crippen molar-refractivity contribution in [1.82, 2.24) is 4.90 Å². The number of nitrogens with zero attached hydrogens (tertiary/aromatic N) is 1. The molecular weight excluding hydrogens is 306 g/mol. The molecule has 2 heteroatoms. The fourth-order valence-corrected chi connectivity index (χ4v) is 3.88. The van der Waals surface area contributed by atoms with E-state index in [9.17, 15) is 5.11 Å². The maximum atomic E-state index is 9.82. The zero-order valence-electron chi connectivity index (χ0n) is 15.6. The molecule has 1 heterocycles. The van der Waals surface area contributed by atoms with E-state index in [2.05, 4.69) is 68.2 Å². The SMILES string of the molecule is Cc1ccccc1/C=C/CN1CCC(C)(c2cccc(O)c2)[C@@H](C)C1. The summed E-state index contributed by atoms with van der Waals surface area (Å²) < 4.78 is 0. The van der Waals surface area contributed by atoms with Gasteiger partial charge in [0.1, 0.15) is 5.75 Å². The number of likely N-dealkylation sites (tertiary alicyclic amines) is 1. The van der Waals surface area contributed by atoms with Gasteiger partial charge >= 0.3 is 0 Å². The quantitative estimate of drug-likeness (QED) is 0.848. The standard InChI is InChI=1S/C23H29NO/c1-18-8-4-5-9-20(18)10-7-14-24-15-13-23(3,19(2)17-24)21-11-6-12-22(25)16-21/h4-12,16,19,25H,13-15,17H2,1-3H3/b10-7+/t19-,23?/m0/s1. The second-order valence-electron chi connectivity index (χ2n) is 7.64. The Kier molecular flexibility index (Phi) is 5.29. The molecular formula is C23H29NO. The minimum absolute atomic E-state index is 0.134. The van der Waals surface area contributed by atoms with E-state index in [-0.39, 0.29) is 5.41 Å².